The summed E-state index contributed by atoms with van der Waals surface area (Å²) in [5.74, 6) is 0.362. The van der Waals surface area contributed by atoms with Crippen molar-refractivity contribution in [2.45, 2.75) is 51.0 Å². The maximum absolute atomic E-state index is 12.2. The van der Waals surface area contributed by atoms with Crippen molar-refractivity contribution in [3.63, 3.8) is 0 Å². The van der Waals surface area contributed by atoms with Gasteiger partial charge in [-0.2, -0.15) is 0 Å². The highest BCUT2D eigenvalue weighted by molar-refractivity contribution is 14.1. The summed E-state index contributed by atoms with van der Waals surface area (Å²) in [5, 5.41) is 0. The van der Waals surface area contributed by atoms with E-state index in [1.54, 1.807) is 0 Å². The summed E-state index contributed by atoms with van der Waals surface area (Å²) in [7, 11) is 0. The third kappa shape index (κ3) is 4.08. The third-order valence-corrected chi connectivity index (χ3v) is 4.59. The van der Waals surface area contributed by atoms with Crippen LogP contribution in [0.1, 0.15) is 42.7 Å². The molecule has 0 saturated heterocycles. The number of hydrogen-bond donors (Lipinski definition) is 0. The lowest BCUT2D eigenvalue weighted by molar-refractivity contribution is -0.345. The van der Waals surface area contributed by atoms with Gasteiger partial charge in [0.15, 0.2) is 0 Å². The van der Waals surface area contributed by atoms with Crippen molar-refractivity contribution in [1.29, 1.82) is 0 Å². The lowest BCUT2D eigenvalue weighted by atomic mass is 9.81. The fraction of sp³-hybridized carbons (Fsp3) is 0.571. The first kappa shape index (κ1) is 15.1. The van der Waals surface area contributed by atoms with E-state index in [4.69, 9.17) is 0 Å². The minimum absolute atomic E-state index is 0.362. The van der Waals surface area contributed by atoms with Crippen molar-refractivity contribution >= 4 is 22.6 Å². The molecule has 0 unspecified atom stereocenters. The van der Waals surface area contributed by atoms with Gasteiger partial charge in [-0.05, 0) is 78.3 Å². The van der Waals surface area contributed by atoms with E-state index in [9.17, 15) is 13.2 Å². The molecular weight excluding hydrogens is 368 g/mol. The summed E-state index contributed by atoms with van der Waals surface area (Å²) >= 11 is 2.30. The van der Waals surface area contributed by atoms with Crippen LogP contribution in [-0.4, -0.2) is 12.5 Å². The maximum atomic E-state index is 12.2. The van der Waals surface area contributed by atoms with Crippen molar-refractivity contribution in [2.24, 2.45) is 0 Å². The molecular formula is C14H16F3IO. The van der Waals surface area contributed by atoms with Crippen molar-refractivity contribution < 1.29 is 17.9 Å². The summed E-state index contributed by atoms with van der Waals surface area (Å²) in [4.78, 5) is 0. The highest BCUT2D eigenvalue weighted by Gasteiger charge is 2.35. The highest BCUT2D eigenvalue weighted by atomic mass is 127. The van der Waals surface area contributed by atoms with Crippen molar-refractivity contribution in [3.05, 3.63) is 32.9 Å². The third-order valence-electron chi connectivity index (χ3n) is 3.65. The lowest BCUT2D eigenvalue weighted by Crippen LogP contribution is -2.28. The molecule has 1 saturated carbocycles. The van der Waals surface area contributed by atoms with Crippen LogP contribution in [0, 0.1) is 10.5 Å². The Bertz CT molecular complexity index is 417. The van der Waals surface area contributed by atoms with Gasteiger partial charge >= 0.3 is 6.36 Å². The second-order valence-electron chi connectivity index (χ2n) is 5.01. The first-order valence-corrected chi connectivity index (χ1v) is 7.44. The van der Waals surface area contributed by atoms with Gasteiger partial charge in [0.2, 0.25) is 0 Å². The summed E-state index contributed by atoms with van der Waals surface area (Å²) < 4.78 is 41.8. The molecule has 0 amide bonds. The van der Waals surface area contributed by atoms with E-state index in [1.807, 2.05) is 6.07 Å². The van der Waals surface area contributed by atoms with E-state index < -0.39 is 12.5 Å². The SMILES string of the molecule is Cc1cccc(I)c1C1CCC(OC(F)(F)F)CC1. The zero-order chi connectivity index (χ0) is 14.0. The number of ether oxygens (including phenoxy) is 1. The first-order chi connectivity index (χ1) is 8.87. The van der Waals surface area contributed by atoms with Gasteiger partial charge in [-0.15, -0.1) is 13.2 Å². The molecule has 0 atom stereocenters. The van der Waals surface area contributed by atoms with Gasteiger partial charge < -0.3 is 0 Å². The number of hydrogen-bond acceptors (Lipinski definition) is 1. The highest BCUT2D eigenvalue weighted by Crippen LogP contribution is 2.39. The van der Waals surface area contributed by atoms with Gasteiger partial charge in [0.05, 0.1) is 6.10 Å². The largest absolute Gasteiger partial charge is 0.522 e. The Morgan fingerprint density at radius 2 is 1.79 bits per heavy atom. The lowest BCUT2D eigenvalue weighted by Gasteiger charge is -2.30. The Hall–Kier alpha value is -0.300. The molecule has 1 nitrogen and oxygen atoms in total. The molecule has 1 aromatic carbocycles. The molecule has 1 aliphatic rings. The second kappa shape index (κ2) is 5.99. The molecule has 0 spiro atoms. The predicted octanol–water partition coefficient (Wildman–Crippen LogP) is 5.16. The molecule has 0 radical (unpaired) electrons. The molecule has 1 aromatic rings. The van der Waals surface area contributed by atoms with Crippen LogP contribution < -0.4 is 0 Å². The number of aryl methyl sites for hydroxylation is 1. The average molecular weight is 384 g/mol. The molecule has 0 heterocycles. The smallest absolute Gasteiger partial charge is 0.289 e. The number of benzene rings is 1. The minimum Gasteiger partial charge on any atom is -0.289 e. The molecule has 0 N–H and O–H groups in total. The van der Waals surface area contributed by atoms with E-state index in [-0.39, 0.29) is 0 Å². The van der Waals surface area contributed by atoms with Gasteiger partial charge in [0.1, 0.15) is 0 Å². The second-order valence-corrected chi connectivity index (χ2v) is 6.17. The monoisotopic (exact) mass is 384 g/mol. The molecule has 1 fully saturated rings. The minimum atomic E-state index is -4.51. The predicted molar refractivity (Wildman–Crippen MR) is 76.0 cm³/mol. The van der Waals surface area contributed by atoms with E-state index >= 15 is 0 Å². The normalized spacial score (nSPS) is 24.5. The van der Waals surface area contributed by atoms with Crippen LogP contribution in [0.3, 0.4) is 0 Å². The van der Waals surface area contributed by atoms with Crippen LogP contribution >= 0.6 is 22.6 Å². The van der Waals surface area contributed by atoms with Crippen molar-refractivity contribution in [2.75, 3.05) is 0 Å². The quantitative estimate of drug-likeness (QED) is 0.640. The molecule has 1 aliphatic carbocycles. The van der Waals surface area contributed by atoms with E-state index in [0.717, 1.165) is 12.8 Å². The molecule has 2 rings (SSSR count). The van der Waals surface area contributed by atoms with Crippen LogP contribution in [0.25, 0.3) is 0 Å². The summed E-state index contributed by atoms with van der Waals surface area (Å²) in [6.07, 6.45) is -2.68. The van der Waals surface area contributed by atoms with Gasteiger partial charge in [0.25, 0.3) is 0 Å². The Kier molecular flexibility index (Phi) is 4.76. The molecule has 5 heteroatoms. The number of rotatable bonds is 2. The number of halogens is 4. The van der Waals surface area contributed by atoms with Gasteiger partial charge in [-0.3, -0.25) is 4.74 Å². The summed E-state index contributed by atoms with van der Waals surface area (Å²) in [5.41, 5.74) is 2.53. The zero-order valence-electron chi connectivity index (χ0n) is 10.6. The zero-order valence-corrected chi connectivity index (χ0v) is 12.8. The first-order valence-electron chi connectivity index (χ1n) is 6.36. The number of alkyl halides is 3. The van der Waals surface area contributed by atoms with Gasteiger partial charge in [-0.1, -0.05) is 12.1 Å². The van der Waals surface area contributed by atoms with Crippen LogP contribution in [0.15, 0.2) is 18.2 Å². The topological polar surface area (TPSA) is 9.23 Å². The molecule has 106 valence electrons. The van der Waals surface area contributed by atoms with Crippen molar-refractivity contribution in [3.8, 4) is 0 Å². The van der Waals surface area contributed by atoms with E-state index in [2.05, 4.69) is 46.4 Å². The fourth-order valence-electron chi connectivity index (χ4n) is 2.82. The Labute approximate surface area is 124 Å². The van der Waals surface area contributed by atoms with Gasteiger partial charge in [-0.25, -0.2) is 0 Å². The molecule has 0 aliphatic heterocycles. The average Bonchev–Trinajstić information content (AvgIpc) is 2.29. The maximum Gasteiger partial charge on any atom is 0.522 e. The Morgan fingerprint density at radius 1 is 1.16 bits per heavy atom. The van der Waals surface area contributed by atoms with Crippen LogP contribution in [-0.2, 0) is 4.74 Å². The van der Waals surface area contributed by atoms with Crippen LogP contribution in [0.5, 0.6) is 0 Å². The van der Waals surface area contributed by atoms with Crippen LogP contribution in [0.2, 0.25) is 0 Å². The van der Waals surface area contributed by atoms with E-state index in [0.29, 0.717) is 18.8 Å². The van der Waals surface area contributed by atoms with E-state index in [1.165, 1.54) is 14.7 Å². The Balaban J connectivity index is 2.00. The van der Waals surface area contributed by atoms with Crippen molar-refractivity contribution in [1.82, 2.24) is 0 Å². The molecule has 0 aromatic heterocycles. The van der Waals surface area contributed by atoms with Gasteiger partial charge in [0, 0.05) is 3.57 Å². The molecule has 19 heavy (non-hydrogen) atoms. The summed E-state index contributed by atoms with van der Waals surface area (Å²) in [6.45, 7) is 2.07. The Morgan fingerprint density at radius 3 is 2.32 bits per heavy atom. The fourth-order valence-corrected chi connectivity index (χ4v) is 3.89. The molecule has 0 bridgehead atoms. The standard InChI is InChI=1S/C14H16F3IO/c1-9-3-2-4-12(18)13(9)10-5-7-11(8-6-10)19-14(15,16)17/h2-4,10-11H,5-8H2,1H3. The van der Waals surface area contributed by atoms with Crippen LogP contribution in [0.4, 0.5) is 13.2 Å². The summed E-state index contributed by atoms with van der Waals surface area (Å²) in [6, 6.07) is 6.13.